The molecule has 0 radical (unpaired) electrons. The van der Waals surface area contributed by atoms with Gasteiger partial charge in [0.2, 0.25) is 0 Å². The van der Waals surface area contributed by atoms with Crippen LogP contribution in [0.4, 0.5) is 0 Å². The van der Waals surface area contributed by atoms with Gasteiger partial charge in [0.15, 0.2) is 5.78 Å². The SMILES string of the molecule is CC[C@H](C)[C@@H](O)[C@@H](/C=C/C[C@H](C)CC/C(O)=C1/C(=O)C[C@@H](C)OC1=O)C(=O)O. The lowest BCUT2D eigenvalue weighted by atomic mass is 9.89. The van der Waals surface area contributed by atoms with Crippen LogP contribution in [-0.4, -0.2) is 45.2 Å². The molecule has 0 saturated carbocycles. The summed E-state index contributed by atoms with van der Waals surface area (Å²) < 4.78 is 4.99. The number of esters is 1. The van der Waals surface area contributed by atoms with E-state index in [1.807, 2.05) is 20.8 Å². The summed E-state index contributed by atoms with van der Waals surface area (Å²) in [6, 6.07) is 0. The number of ketones is 1. The maximum atomic E-state index is 11.9. The number of carbonyl (C=O) groups is 3. The number of allylic oxidation sites excluding steroid dienone is 2. The minimum Gasteiger partial charge on any atom is -0.511 e. The summed E-state index contributed by atoms with van der Waals surface area (Å²) >= 11 is 0. The average Bonchev–Trinajstić information content (AvgIpc) is 2.61. The van der Waals surface area contributed by atoms with Crippen LogP contribution in [-0.2, 0) is 19.1 Å². The Morgan fingerprint density at radius 2 is 1.93 bits per heavy atom. The third kappa shape index (κ3) is 6.78. The number of hydrogen-bond acceptors (Lipinski definition) is 6. The van der Waals surface area contributed by atoms with Crippen LogP contribution < -0.4 is 0 Å². The van der Waals surface area contributed by atoms with Crippen molar-refractivity contribution in [3.63, 3.8) is 0 Å². The summed E-state index contributed by atoms with van der Waals surface area (Å²) in [4.78, 5) is 35.1. The van der Waals surface area contributed by atoms with Crippen molar-refractivity contribution < 1.29 is 34.4 Å². The molecule has 1 aliphatic heterocycles. The minimum absolute atomic E-state index is 0.0680. The number of rotatable bonds is 10. The van der Waals surface area contributed by atoms with E-state index in [-0.39, 0.29) is 36.0 Å². The number of aliphatic carboxylic acids is 1. The van der Waals surface area contributed by atoms with Gasteiger partial charge < -0.3 is 20.1 Å². The van der Waals surface area contributed by atoms with E-state index in [4.69, 9.17) is 4.74 Å². The number of ether oxygens (including phenoxy) is 1. The molecule has 1 rings (SSSR count). The van der Waals surface area contributed by atoms with Gasteiger partial charge in [-0.2, -0.15) is 0 Å². The highest BCUT2D eigenvalue weighted by molar-refractivity contribution is 6.19. The van der Waals surface area contributed by atoms with Gasteiger partial charge in [-0.05, 0) is 31.6 Å². The fraction of sp³-hybridized carbons (Fsp3) is 0.667. The molecule has 0 aliphatic carbocycles. The Balaban J connectivity index is 2.62. The number of aliphatic hydroxyl groups is 2. The second kappa shape index (κ2) is 11.0. The third-order valence-electron chi connectivity index (χ3n) is 5.19. The fourth-order valence-corrected chi connectivity index (χ4v) is 3.06. The van der Waals surface area contributed by atoms with E-state index >= 15 is 0 Å². The Bertz CT molecular complexity index is 615. The van der Waals surface area contributed by atoms with Gasteiger partial charge in [-0.15, -0.1) is 0 Å². The van der Waals surface area contributed by atoms with Crippen LogP contribution >= 0.6 is 0 Å². The van der Waals surface area contributed by atoms with Crippen molar-refractivity contribution in [1.29, 1.82) is 0 Å². The average molecular weight is 396 g/mol. The van der Waals surface area contributed by atoms with Crippen LogP contribution in [0.3, 0.4) is 0 Å². The summed E-state index contributed by atoms with van der Waals surface area (Å²) in [7, 11) is 0. The Labute approximate surface area is 166 Å². The quantitative estimate of drug-likeness (QED) is 0.170. The van der Waals surface area contributed by atoms with Crippen LogP contribution in [0.5, 0.6) is 0 Å². The first-order valence-corrected chi connectivity index (χ1v) is 9.82. The zero-order valence-corrected chi connectivity index (χ0v) is 17.1. The van der Waals surface area contributed by atoms with E-state index in [1.165, 1.54) is 6.08 Å². The van der Waals surface area contributed by atoms with E-state index < -0.39 is 35.8 Å². The Morgan fingerprint density at radius 3 is 2.46 bits per heavy atom. The molecule has 0 bridgehead atoms. The van der Waals surface area contributed by atoms with E-state index in [2.05, 4.69) is 0 Å². The van der Waals surface area contributed by atoms with Gasteiger partial charge >= 0.3 is 11.9 Å². The van der Waals surface area contributed by atoms with Gasteiger partial charge in [-0.1, -0.05) is 39.3 Å². The van der Waals surface area contributed by atoms with Gasteiger partial charge in [0.1, 0.15) is 23.4 Å². The van der Waals surface area contributed by atoms with Crippen molar-refractivity contribution in [3.8, 4) is 0 Å². The smallest absolute Gasteiger partial charge is 0.345 e. The molecule has 0 amide bonds. The van der Waals surface area contributed by atoms with E-state index in [9.17, 15) is 29.7 Å². The molecular weight excluding hydrogens is 364 g/mol. The molecule has 1 aliphatic rings. The number of carboxylic acid groups (broad SMARTS) is 1. The largest absolute Gasteiger partial charge is 0.511 e. The summed E-state index contributed by atoms with van der Waals surface area (Å²) in [5, 5.41) is 29.6. The lowest BCUT2D eigenvalue weighted by Crippen LogP contribution is -2.31. The summed E-state index contributed by atoms with van der Waals surface area (Å²) in [5.41, 5.74) is -0.261. The third-order valence-corrected chi connectivity index (χ3v) is 5.19. The summed E-state index contributed by atoms with van der Waals surface area (Å²) in [6.07, 6.45) is 3.79. The fourth-order valence-electron chi connectivity index (χ4n) is 3.06. The lowest BCUT2D eigenvalue weighted by molar-refractivity contribution is -0.150. The Morgan fingerprint density at radius 1 is 1.29 bits per heavy atom. The Hall–Kier alpha value is -2.15. The molecule has 28 heavy (non-hydrogen) atoms. The first-order valence-electron chi connectivity index (χ1n) is 9.82. The van der Waals surface area contributed by atoms with Gasteiger partial charge in [-0.25, -0.2) is 4.79 Å². The molecule has 5 atom stereocenters. The molecule has 1 saturated heterocycles. The van der Waals surface area contributed by atoms with Crippen LogP contribution in [0.25, 0.3) is 0 Å². The van der Waals surface area contributed by atoms with Crippen LogP contribution in [0.15, 0.2) is 23.5 Å². The first kappa shape index (κ1) is 23.9. The molecule has 0 aromatic carbocycles. The molecule has 3 N–H and O–H groups in total. The number of carboxylic acids is 1. The van der Waals surface area contributed by atoms with Gasteiger partial charge in [0.05, 0.1) is 6.10 Å². The Kier molecular flexibility index (Phi) is 9.38. The van der Waals surface area contributed by atoms with Crippen molar-refractivity contribution in [2.45, 2.75) is 72.0 Å². The highest BCUT2D eigenvalue weighted by atomic mass is 16.5. The predicted octanol–water partition coefficient (Wildman–Crippen LogP) is 3.17. The predicted molar refractivity (Wildman–Crippen MR) is 104 cm³/mol. The van der Waals surface area contributed by atoms with Crippen molar-refractivity contribution in [3.05, 3.63) is 23.5 Å². The molecule has 158 valence electrons. The standard InChI is InChI=1S/C21H32O7/c1-5-13(3)19(24)15(20(25)26)8-6-7-12(2)9-10-16(22)18-17(23)11-14(4)28-21(18)27/h6,8,12-15,19,22,24H,5,7,9-11H2,1-4H3,(H,25,26)/b8-6+,18-16+/t12-,13-,14+,15+,19+/m0/s1. The van der Waals surface area contributed by atoms with Crippen molar-refractivity contribution in [2.75, 3.05) is 0 Å². The van der Waals surface area contributed by atoms with Gasteiger partial charge in [0.25, 0.3) is 0 Å². The highest BCUT2D eigenvalue weighted by Gasteiger charge is 2.32. The van der Waals surface area contributed by atoms with E-state index in [1.54, 1.807) is 13.0 Å². The zero-order valence-electron chi connectivity index (χ0n) is 17.1. The van der Waals surface area contributed by atoms with Crippen LogP contribution in [0, 0.1) is 17.8 Å². The normalized spacial score (nSPS) is 23.8. The van der Waals surface area contributed by atoms with Crippen molar-refractivity contribution in [1.82, 2.24) is 0 Å². The molecule has 0 unspecified atom stereocenters. The molecule has 1 heterocycles. The molecular formula is C21H32O7. The maximum absolute atomic E-state index is 11.9. The van der Waals surface area contributed by atoms with Crippen LogP contribution in [0.1, 0.15) is 59.8 Å². The van der Waals surface area contributed by atoms with Gasteiger partial charge in [-0.3, -0.25) is 9.59 Å². The highest BCUT2D eigenvalue weighted by Crippen LogP contribution is 2.23. The molecule has 1 fully saturated rings. The number of hydrogen-bond donors (Lipinski definition) is 3. The maximum Gasteiger partial charge on any atom is 0.345 e. The van der Waals surface area contributed by atoms with E-state index in [0.717, 1.165) is 0 Å². The van der Waals surface area contributed by atoms with E-state index in [0.29, 0.717) is 19.3 Å². The molecule has 0 aromatic rings. The second-order valence-corrected chi connectivity index (χ2v) is 7.71. The number of aliphatic hydroxyl groups excluding tert-OH is 2. The number of carbonyl (C=O) groups excluding carboxylic acids is 2. The summed E-state index contributed by atoms with van der Waals surface area (Å²) in [6.45, 7) is 7.26. The molecule has 7 heteroatoms. The first-order chi connectivity index (χ1) is 13.1. The topological polar surface area (TPSA) is 121 Å². The molecule has 0 aromatic heterocycles. The lowest BCUT2D eigenvalue weighted by Gasteiger charge is -2.22. The van der Waals surface area contributed by atoms with Crippen molar-refractivity contribution in [2.24, 2.45) is 17.8 Å². The minimum atomic E-state index is -1.07. The zero-order chi connectivity index (χ0) is 21.4. The van der Waals surface area contributed by atoms with Crippen LogP contribution in [0.2, 0.25) is 0 Å². The second-order valence-electron chi connectivity index (χ2n) is 7.71. The molecule has 7 nitrogen and oxygen atoms in total. The number of Topliss-reactive ketones (excluding diaryl/α,β-unsaturated/α-hetero) is 1. The number of cyclic esters (lactones) is 1. The van der Waals surface area contributed by atoms with Gasteiger partial charge in [0, 0.05) is 12.8 Å². The molecule has 0 spiro atoms. The summed E-state index contributed by atoms with van der Waals surface area (Å²) in [5.74, 6) is -3.51. The van der Waals surface area contributed by atoms with Crippen molar-refractivity contribution >= 4 is 17.7 Å². The monoisotopic (exact) mass is 396 g/mol.